The fraction of sp³-hybridized carbons (Fsp3) is 0.250. The molecule has 0 amide bonds. The Morgan fingerprint density at radius 2 is 2.05 bits per heavy atom. The van der Waals surface area contributed by atoms with Crippen LogP contribution in [-0.4, -0.2) is 4.98 Å². The summed E-state index contributed by atoms with van der Waals surface area (Å²) in [6.45, 7) is 5.16. The van der Waals surface area contributed by atoms with E-state index >= 15 is 0 Å². The zero-order valence-electron chi connectivity index (χ0n) is 11.6. The lowest BCUT2D eigenvalue weighted by atomic mass is 10.1. The molecule has 0 saturated carbocycles. The number of benzene rings is 1. The number of rotatable bonds is 3. The Kier molecular flexibility index (Phi) is 3.57. The molecule has 0 aliphatic heterocycles. The van der Waals surface area contributed by atoms with Gasteiger partial charge in [-0.05, 0) is 53.0 Å². The number of aromatic nitrogens is 2. The number of hydrogen-bond acceptors (Lipinski definition) is 2. The molecule has 2 aromatic heterocycles. The predicted molar refractivity (Wildman–Crippen MR) is 82.4 cm³/mol. The molecule has 0 aliphatic carbocycles. The van der Waals surface area contributed by atoms with Gasteiger partial charge in [-0.3, -0.25) is 0 Å². The Bertz CT molecular complexity index is 764. The van der Waals surface area contributed by atoms with Crippen molar-refractivity contribution in [1.82, 2.24) is 4.98 Å². The maximum absolute atomic E-state index is 5.86. The number of oxazole rings is 1. The van der Waals surface area contributed by atoms with Gasteiger partial charge in [0.15, 0.2) is 18.0 Å². The molecule has 0 saturated heterocycles. The third-order valence-electron chi connectivity index (χ3n) is 3.36. The summed E-state index contributed by atoms with van der Waals surface area (Å²) in [4.78, 5) is 4.61. The van der Waals surface area contributed by atoms with Crippen LogP contribution in [-0.2, 0) is 13.0 Å². The van der Waals surface area contributed by atoms with Gasteiger partial charge in [-0.25, -0.2) is 9.55 Å². The van der Waals surface area contributed by atoms with E-state index in [4.69, 9.17) is 4.42 Å². The van der Waals surface area contributed by atoms with Crippen molar-refractivity contribution in [2.75, 3.05) is 0 Å². The molecule has 3 nitrogen and oxygen atoms in total. The maximum atomic E-state index is 5.86. The van der Waals surface area contributed by atoms with Crippen LogP contribution < -0.4 is 4.57 Å². The second-order valence-electron chi connectivity index (χ2n) is 4.75. The van der Waals surface area contributed by atoms with E-state index in [-0.39, 0.29) is 0 Å². The molecule has 102 valence electrons. The standard InChI is InChI=1S/C16H16BrN2O/c1-3-11-5-6-15-14(7-11)18-16(20-15)12-8-13(17)10-19(4-2)9-12/h5-10H,3-4H2,1-2H3/q+1. The molecule has 3 rings (SSSR count). The minimum Gasteiger partial charge on any atom is -0.436 e. The van der Waals surface area contributed by atoms with Crippen molar-refractivity contribution in [2.24, 2.45) is 0 Å². The molecule has 3 aromatic rings. The zero-order valence-corrected chi connectivity index (χ0v) is 13.1. The van der Waals surface area contributed by atoms with Gasteiger partial charge in [0.2, 0.25) is 5.89 Å². The first-order valence-corrected chi connectivity index (χ1v) is 7.58. The summed E-state index contributed by atoms with van der Waals surface area (Å²) < 4.78 is 8.99. The molecule has 20 heavy (non-hydrogen) atoms. The van der Waals surface area contributed by atoms with Gasteiger partial charge in [-0.1, -0.05) is 13.0 Å². The maximum Gasteiger partial charge on any atom is 0.233 e. The van der Waals surface area contributed by atoms with Crippen LogP contribution in [0, 0.1) is 0 Å². The number of aryl methyl sites for hydroxylation is 2. The van der Waals surface area contributed by atoms with E-state index in [0.29, 0.717) is 5.89 Å². The summed E-state index contributed by atoms with van der Waals surface area (Å²) in [7, 11) is 0. The third-order valence-corrected chi connectivity index (χ3v) is 3.79. The summed E-state index contributed by atoms with van der Waals surface area (Å²) in [5, 5.41) is 0. The molecule has 0 bridgehead atoms. The molecule has 0 unspecified atom stereocenters. The van der Waals surface area contributed by atoms with Crippen molar-refractivity contribution in [2.45, 2.75) is 26.8 Å². The first kappa shape index (κ1) is 13.3. The average molecular weight is 332 g/mol. The number of nitrogens with zero attached hydrogens (tertiary/aromatic N) is 2. The van der Waals surface area contributed by atoms with Crippen LogP contribution in [0.25, 0.3) is 22.6 Å². The quantitative estimate of drug-likeness (QED) is 0.675. The van der Waals surface area contributed by atoms with E-state index in [0.717, 1.165) is 34.1 Å². The van der Waals surface area contributed by atoms with Crippen molar-refractivity contribution < 1.29 is 8.98 Å². The Hall–Kier alpha value is -1.68. The minimum atomic E-state index is 0.664. The molecule has 0 spiro atoms. The predicted octanol–water partition coefficient (Wildman–Crippen LogP) is 4.13. The summed E-state index contributed by atoms with van der Waals surface area (Å²) in [6, 6.07) is 8.20. The van der Waals surface area contributed by atoms with Gasteiger partial charge < -0.3 is 4.42 Å². The summed E-state index contributed by atoms with van der Waals surface area (Å²) in [5.74, 6) is 0.664. The molecule has 0 atom stereocenters. The molecule has 2 heterocycles. The molecule has 0 N–H and O–H groups in total. The number of fused-ring (bicyclic) bond motifs is 1. The van der Waals surface area contributed by atoms with Crippen molar-refractivity contribution in [3.05, 3.63) is 46.7 Å². The molecular weight excluding hydrogens is 316 g/mol. The Morgan fingerprint density at radius 1 is 1.20 bits per heavy atom. The fourth-order valence-corrected chi connectivity index (χ4v) is 2.72. The van der Waals surface area contributed by atoms with Gasteiger partial charge in [0, 0.05) is 0 Å². The zero-order chi connectivity index (χ0) is 14.1. The van der Waals surface area contributed by atoms with Crippen LogP contribution in [0.5, 0.6) is 0 Å². The van der Waals surface area contributed by atoms with Crippen molar-refractivity contribution in [3.63, 3.8) is 0 Å². The van der Waals surface area contributed by atoms with Gasteiger partial charge in [-0.2, -0.15) is 0 Å². The van der Waals surface area contributed by atoms with Crippen LogP contribution in [0.3, 0.4) is 0 Å². The van der Waals surface area contributed by atoms with Crippen LogP contribution in [0.15, 0.2) is 45.5 Å². The largest absolute Gasteiger partial charge is 0.436 e. The summed E-state index contributed by atoms with van der Waals surface area (Å²) in [5.41, 5.74) is 4.01. The van der Waals surface area contributed by atoms with Crippen LogP contribution in [0.1, 0.15) is 19.4 Å². The highest BCUT2D eigenvalue weighted by Gasteiger charge is 2.13. The summed E-state index contributed by atoms with van der Waals surface area (Å²) in [6.07, 6.45) is 5.10. The molecule has 0 fully saturated rings. The highest BCUT2D eigenvalue weighted by Crippen LogP contribution is 2.25. The molecule has 0 radical (unpaired) electrons. The van der Waals surface area contributed by atoms with Crippen LogP contribution in [0.4, 0.5) is 0 Å². The lowest BCUT2D eigenvalue weighted by Crippen LogP contribution is -2.31. The fourth-order valence-electron chi connectivity index (χ4n) is 2.21. The van der Waals surface area contributed by atoms with E-state index in [9.17, 15) is 0 Å². The smallest absolute Gasteiger partial charge is 0.233 e. The second-order valence-corrected chi connectivity index (χ2v) is 5.66. The summed E-state index contributed by atoms with van der Waals surface area (Å²) >= 11 is 3.53. The number of pyridine rings is 1. The Morgan fingerprint density at radius 3 is 2.80 bits per heavy atom. The van der Waals surface area contributed by atoms with Crippen molar-refractivity contribution in [3.8, 4) is 11.5 Å². The first-order valence-electron chi connectivity index (χ1n) is 6.79. The molecule has 4 heteroatoms. The third kappa shape index (κ3) is 2.48. The monoisotopic (exact) mass is 331 g/mol. The number of halogens is 1. The lowest BCUT2D eigenvalue weighted by molar-refractivity contribution is -0.693. The SMILES string of the molecule is CCc1ccc2oc(-c3cc(Br)c[n+](CC)c3)nc2c1. The highest BCUT2D eigenvalue weighted by atomic mass is 79.9. The van der Waals surface area contributed by atoms with Crippen LogP contribution >= 0.6 is 15.9 Å². The van der Waals surface area contributed by atoms with E-state index < -0.39 is 0 Å². The van der Waals surface area contributed by atoms with E-state index in [2.05, 4.69) is 57.7 Å². The topological polar surface area (TPSA) is 29.9 Å². The molecule has 0 aliphatic rings. The lowest BCUT2D eigenvalue weighted by Gasteiger charge is -1.96. The number of hydrogen-bond donors (Lipinski definition) is 0. The normalized spacial score (nSPS) is 11.2. The Balaban J connectivity index is 2.12. The van der Waals surface area contributed by atoms with Gasteiger partial charge in [-0.15, -0.1) is 0 Å². The Labute approximate surface area is 126 Å². The molecular formula is C16H16BrN2O+. The van der Waals surface area contributed by atoms with Crippen molar-refractivity contribution in [1.29, 1.82) is 0 Å². The van der Waals surface area contributed by atoms with Crippen LogP contribution in [0.2, 0.25) is 0 Å². The van der Waals surface area contributed by atoms with E-state index in [1.165, 1.54) is 5.56 Å². The van der Waals surface area contributed by atoms with Gasteiger partial charge >= 0.3 is 0 Å². The van der Waals surface area contributed by atoms with Gasteiger partial charge in [0.05, 0.1) is 4.47 Å². The van der Waals surface area contributed by atoms with E-state index in [1.54, 1.807) is 0 Å². The van der Waals surface area contributed by atoms with Crippen molar-refractivity contribution >= 4 is 27.0 Å². The first-order chi connectivity index (χ1) is 9.69. The van der Waals surface area contributed by atoms with Gasteiger partial charge in [0.25, 0.3) is 0 Å². The van der Waals surface area contributed by atoms with E-state index in [1.807, 2.05) is 18.3 Å². The average Bonchev–Trinajstić information content (AvgIpc) is 2.89. The highest BCUT2D eigenvalue weighted by molar-refractivity contribution is 9.10. The molecule has 1 aromatic carbocycles. The minimum absolute atomic E-state index is 0.664. The van der Waals surface area contributed by atoms with Gasteiger partial charge in [0.1, 0.15) is 17.6 Å². The second kappa shape index (κ2) is 5.37.